The Morgan fingerprint density at radius 2 is 2.03 bits per heavy atom. The number of hydrogen-bond acceptors (Lipinski definition) is 6. The van der Waals surface area contributed by atoms with Crippen molar-refractivity contribution in [3.63, 3.8) is 0 Å². The van der Waals surface area contributed by atoms with E-state index in [1.165, 1.54) is 0 Å². The second kappa shape index (κ2) is 11.3. The lowest BCUT2D eigenvalue weighted by Gasteiger charge is -2.31. The highest BCUT2D eigenvalue weighted by Gasteiger charge is 2.18. The van der Waals surface area contributed by atoms with Gasteiger partial charge in [-0.15, -0.1) is 0 Å². The fourth-order valence-electron chi connectivity index (χ4n) is 4.15. The van der Waals surface area contributed by atoms with Crippen molar-refractivity contribution >= 4 is 5.91 Å². The first kappa shape index (κ1) is 23.9. The molecule has 0 unspecified atom stereocenters. The van der Waals surface area contributed by atoms with Gasteiger partial charge in [0.05, 0.1) is 11.3 Å². The van der Waals surface area contributed by atoms with Crippen LogP contribution in [-0.4, -0.2) is 65.0 Å². The summed E-state index contributed by atoms with van der Waals surface area (Å²) in [5.41, 5.74) is 3.42. The Balaban J connectivity index is 1.26. The molecule has 180 valence electrons. The summed E-state index contributed by atoms with van der Waals surface area (Å²) in [7, 11) is 2.14. The molecule has 4 rings (SSSR count). The minimum atomic E-state index is -0.170. The third kappa shape index (κ3) is 6.21. The average Bonchev–Trinajstić information content (AvgIpc) is 3.21. The molecule has 3 heterocycles. The summed E-state index contributed by atoms with van der Waals surface area (Å²) in [6.45, 7) is 7.50. The van der Waals surface area contributed by atoms with E-state index in [1.807, 2.05) is 44.2 Å². The van der Waals surface area contributed by atoms with Crippen molar-refractivity contribution in [3.8, 4) is 11.6 Å². The Morgan fingerprint density at radius 1 is 1.21 bits per heavy atom. The molecule has 0 spiro atoms. The topological polar surface area (TPSA) is 81.5 Å². The second-order valence-electron chi connectivity index (χ2n) is 8.75. The van der Waals surface area contributed by atoms with Crippen molar-refractivity contribution in [2.45, 2.75) is 39.3 Å². The summed E-state index contributed by atoms with van der Waals surface area (Å²) in [4.78, 5) is 19.4. The number of carbonyl (C=O) groups excluding carboxylic acids is 1. The largest absolute Gasteiger partial charge is 0.492 e. The van der Waals surface area contributed by atoms with Crippen LogP contribution in [0.5, 0.6) is 5.75 Å². The van der Waals surface area contributed by atoms with Gasteiger partial charge < -0.3 is 14.8 Å². The molecule has 3 aromatic rings. The summed E-state index contributed by atoms with van der Waals surface area (Å²) in [5.74, 6) is 1.33. The first-order valence-electron chi connectivity index (χ1n) is 11.8. The Morgan fingerprint density at radius 3 is 2.74 bits per heavy atom. The van der Waals surface area contributed by atoms with Gasteiger partial charge in [0.15, 0.2) is 5.82 Å². The van der Waals surface area contributed by atoms with E-state index in [1.54, 1.807) is 23.0 Å². The number of ether oxygens (including phenoxy) is 2. The van der Waals surface area contributed by atoms with E-state index in [-0.39, 0.29) is 5.91 Å². The van der Waals surface area contributed by atoms with Gasteiger partial charge in [0, 0.05) is 44.2 Å². The predicted molar refractivity (Wildman–Crippen MR) is 130 cm³/mol. The second-order valence-corrected chi connectivity index (χ2v) is 8.75. The third-order valence-corrected chi connectivity index (χ3v) is 6.12. The number of rotatable bonds is 9. The van der Waals surface area contributed by atoms with Gasteiger partial charge in [-0.2, -0.15) is 5.10 Å². The fourth-order valence-corrected chi connectivity index (χ4v) is 4.15. The van der Waals surface area contributed by atoms with Crippen molar-refractivity contribution in [1.82, 2.24) is 25.0 Å². The van der Waals surface area contributed by atoms with E-state index in [0.717, 1.165) is 55.3 Å². The van der Waals surface area contributed by atoms with Gasteiger partial charge in [0.25, 0.3) is 5.91 Å². The first-order valence-corrected chi connectivity index (χ1v) is 11.8. The number of pyridine rings is 1. The monoisotopic (exact) mass is 463 g/mol. The number of amides is 1. The molecule has 2 aromatic heterocycles. The van der Waals surface area contributed by atoms with Crippen LogP contribution in [-0.2, 0) is 11.3 Å². The normalized spacial score (nSPS) is 14.4. The molecule has 0 saturated carbocycles. The van der Waals surface area contributed by atoms with Crippen LogP contribution in [0.15, 0.2) is 48.7 Å². The molecule has 0 bridgehead atoms. The van der Waals surface area contributed by atoms with Gasteiger partial charge >= 0.3 is 0 Å². The van der Waals surface area contributed by atoms with Gasteiger partial charge in [0.1, 0.15) is 12.4 Å². The third-order valence-electron chi connectivity index (χ3n) is 6.12. The molecule has 8 heteroatoms. The van der Waals surface area contributed by atoms with Gasteiger partial charge in [-0.3, -0.25) is 9.69 Å². The SMILES string of the molecule is Cc1cc(C)n(-c2ccc(C(=O)NCc3cccc(OCCN(C)C4CCOCC4)c3)cn2)n1. The number of carbonyl (C=O) groups is 1. The molecule has 1 aliphatic rings. The van der Waals surface area contributed by atoms with Crippen LogP contribution in [0.25, 0.3) is 5.82 Å². The Labute approximate surface area is 200 Å². The zero-order chi connectivity index (χ0) is 23.9. The van der Waals surface area contributed by atoms with Crippen molar-refractivity contribution in [2.75, 3.05) is 33.4 Å². The molecule has 1 aromatic carbocycles. The van der Waals surface area contributed by atoms with Gasteiger partial charge in [-0.05, 0) is 69.6 Å². The molecule has 1 aliphatic heterocycles. The smallest absolute Gasteiger partial charge is 0.253 e. The van der Waals surface area contributed by atoms with E-state index in [9.17, 15) is 4.79 Å². The molecule has 1 saturated heterocycles. The van der Waals surface area contributed by atoms with Crippen LogP contribution in [0.1, 0.15) is 40.2 Å². The van der Waals surface area contributed by atoms with E-state index in [0.29, 0.717) is 30.6 Å². The number of aryl methyl sites for hydroxylation is 2. The van der Waals surface area contributed by atoms with Gasteiger partial charge in [-0.1, -0.05) is 12.1 Å². The number of nitrogens with one attached hydrogen (secondary N) is 1. The first-order chi connectivity index (χ1) is 16.5. The molecule has 8 nitrogen and oxygen atoms in total. The number of aromatic nitrogens is 3. The van der Waals surface area contributed by atoms with Crippen molar-refractivity contribution < 1.29 is 14.3 Å². The Kier molecular flexibility index (Phi) is 7.92. The predicted octanol–water partition coefficient (Wildman–Crippen LogP) is 3.30. The summed E-state index contributed by atoms with van der Waals surface area (Å²) >= 11 is 0. The summed E-state index contributed by atoms with van der Waals surface area (Å²) < 4.78 is 13.2. The number of likely N-dealkylation sites (N-methyl/N-ethyl adjacent to an activating group) is 1. The fraction of sp³-hybridized carbons (Fsp3) is 0.423. The molecule has 0 radical (unpaired) electrons. The zero-order valence-corrected chi connectivity index (χ0v) is 20.2. The van der Waals surface area contributed by atoms with Crippen LogP contribution in [0.3, 0.4) is 0 Å². The zero-order valence-electron chi connectivity index (χ0n) is 20.2. The molecular formula is C26H33N5O3. The summed E-state index contributed by atoms with van der Waals surface area (Å²) in [6, 6.07) is 14.0. The Hall–Kier alpha value is -3.23. The number of hydrogen-bond donors (Lipinski definition) is 1. The van der Waals surface area contributed by atoms with Crippen LogP contribution in [0.4, 0.5) is 0 Å². The van der Waals surface area contributed by atoms with Crippen molar-refractivity contribution in [1.29, 1.82) is 0 Å². The summed E-state index contributed by atoms with van der Waals surface area (Å²) in [6.07, 6.45) is 3.73. The van der Waals surface area contributed by atoms with Crippen molar-refractivity contribution in [3.05, 3.63) is 71.2 Å². The Bertz CT molecular complexity index is 1090. The van der Waals surface area contributed by atoms with Crippen LogP contribution < -0.4 is 10.1 Å². The molecule has 0 atom stereocenters. The highest BCUT2D eigenvalue weighted by Crippen LogP contribution is 2.16. The van der Waals surface area contributed by atoms with E-state index in [2.05, 4.69) is 27.3 Å². The van der Waals surface area contributed by atoms with Crippen LogP contribution in [0.2, 0.25) is 0 Å². The van der Waals surface area contributed by atoms with Crippen LogP contribution in [0, 0.1) is 13.8 Å². The lowest BCUT2D eigenvalue weighted by Crippen LogP contribution is -2.38. The molecule has 34 heavy (non-hydrogen) atoms. The minimum absolute atomic E-state index is 0.170. The van der Waals surface area contributed by atoms with Crippen LogP contribution >= 0.6 is 0 Å². The lowest BCUT2D eigenvalue weighted by molar-refractivity contribution is 0.0392. The van der Waals surface area contributed by atoms with E-state index < -0.39 is 0 Å². The highest BCUT2D eigenvalue weighted by atomic mass is 16.5. The minimum Gasteiger partial charge on any atom is -0.492 e. The molecule has 1 N–H and O–H groups in total. The van der Waals surface area contributed by atoms with Gasteiger partial charge in [0.2, 0.25) is 0 Å². The van der Waals surface area contributed by atoms with Crippen molar-refractivity contribution in [2.24, 2.45) is 0 Å². The van der Waals surface area contributed by atoms with E-state index in [4.69, 9.17) is 9.47 Å². The molecule has 1 fully saturated rings. The lowest BCUT2D eigenvalue weighted by atomic mass is 10.1. The van der Waals surface area contributed by atoms with Gasteiger partial charge in [-0.25, -0.2) is 9.67 Å². The molecular weight excluding hydrogens is 430 g/mol. The highest BCUT2D eigenvalue weighted by molar-refractivity contribution is 5.93. The van der Waals surface area contributed by atoms with E-state index >= 15 is 0 Å². The quantitative estimate of drug-likeness (QED) is 0.524. The maximum absolute atomic E-state index is 12.6. The molecule has 0 aliphatic carbocycles. The molecule has 1 amide bonds. The maximum atomic E-state index is 12.6. The number of benzene rings is 1. The summed E-state index contributed by atoms with van der Waals surface area (Å²) in [5, 5.41) is 7.39. The average molecular weight is 464 g/mol. The number of nitrogens with zero attached hydrogens (tertiary/aromatic N) is 4. The maximum Gasteiger partial charge on any atom is 0.253 e. The standard InChI is InChI=1S/C26H33N5O3/c1-19-15-20(2)31(29-19)25-8-7-22(18-27-25)26(32)28-17-21-5-4-6-24(16-21)34-14-11-30(3)23-9-12-33-13-10-23/h4-8,15-16,18,23H,9-14,17H2,1-3H3,(H,28,32).